The third-order valence-electron chi connectivity index (χ3n) is 3.10. The maximum absolute atomic E-state index is 12.4. The van der Waals surface area contributed by atoms with Gasteiger partial charge in [-0.25, -0.2) is 15.0 Å². The van der Waals surface area contributed by atoms with E-state index in [2.05, 4.69) is 15.4 Å². The molecular formula is C14H12Cl2N4O. The van der Waals surface area contributed by atoms with Crippen LogP contribution in [0.4, 0.5) is 11.5 Å². The number of hydrogen-bond acceptors (Lipinski definition) is 4. The Labute approximate surface area is 131 Å². The minimum Gasteiger partial charge on any atom is -0.272 e. The number of aromatic nitrogens is 2. The Morgan fingerprint density at radius 1 is 1.14 bits per heavy atom. The molecule has 21 heavy (non-hydrogen) atoms. The summed E-state index contributed by atoms with van der Waals surface area (Å²) in [4.78, 5) is 20.5. The monoisotopic (exact) mass is 322 g/mol. The summed E-state index contributed by atoms with van der Waals surface area (Å²) in [5.74, 6) is 0.366. The highest BCUT2D eigenvalue weighted by Gasteiger charge is 2.34. The van der Waals surface area contributed by atoms with Crippen molar-refractivity contribution in [3.8, 4) is 0 Å². The van der Waals surface area contributed by atoms with Crippen LogP contribution in [0.15, 0.2) is 36.7 Å². The number of halogens is 2. The molecule has 1 aromatic carbocycles. The Kier molecular flexibility index (Phi) is 3.94. The van der Waals surface area contributed by atoms with Crippen molar-refractivity contribution in [1.82, 2.24) is 9.97 Å². The van der Waals surface area contributed by atoms with E-state index in [0.717, 1.165) is 12.8 Å². The predicted octanol–water partition coefficient (Wildman–Crippen LogP) is 3.55. The standard InChI is InChI=1S/C14H12Cl2N4O/c15-10-3-5-11(6-4-10)20(14(21)9-1-2-9)19-13-12(16)17-7-8-18-13/h3-9H,1-2H2,(H,18,19). The van der Waals surface area contributed by atoms with Crippen molar-refractivity contribution in [3.05, 3.63) is 46.8 Å². The molecule has 0 spiro atoms. The number of benzene rings is 1. The van der Waals surface area contributed by atoms with Crippen molar-refractivity contribution < 1.29 is 4.79 Å². The van der Waals surface area contributed by atoms with Crippen LogP contribution in [0.1, 0.15) is 12.8 Å². The van der Waals surface area contributed by atoms with Gasteiger partial charge in [0.05, 0.1) is 5.69 Å². The number of amides is 1. The van der Waals surface area contributed by atoms with Crippen LogP contribution >= 0.6 is 23.2 Å². The van der Waals surface area contributed by atoms with Crippen molar-refractivity contribution in [2.45, 2.75) is 12.8 Å². The first-order chi connectivity index (χ1) is 10.1. The summed E-state index contributed by atoms with van der Waals surface area (Å²) < 4.78 is 0. The van der Waals surface area contributed by atoms with E-state index in [1.165, 1.54) is 17.4 Å². The number of nitrogens with one attached hydrogen (secondary N) is 1. The predicted molar refractivity (Wildman–Crippen MR) is 82.3 cm³/mol. The normalized spacial score (nSPS) is 13.8. The molecule has 2 aromatic rings. The summed E-state index contributed by atoms with van der Waals surface area (Å²) in [6.45, 7) is 0. The summed E-state index contributed by atoms with van der Waals surface area (Å²) in [6.07, 6.45) is 4.80. The first-order valence-electron chi connectivity index (χ1n) is 6.48. The number of rotatable bonds is 4. The van der Waals surface area contributed by atoms with E-state index >= 15 is 0 Å². The summed E-state index contributed by atoms with van der Waals surface area (Å²) >= 11 is 11.9. The van der Waals surface area contributed by atoms with E-state index in [9.17, 15) is 4.79 Å². The van der Waals surface area contributed by atoms with Gasteiger partial charge < -0.3 is 0 Å². The average Bonchev–Trinajstić information content (AvgIpc) is 3.32. The van der Waals surface area contributed by atoms with Gasteiger partial charge in [0.1, 0.15) is 0 Å². The number of carbonyl (C=O) groups excluding carboxylic acids is 1. The molecule has 0 unspecified atom stereocenters. The second-order valence-electron chi connectivity index (χ2n) is 4.73. The average molecular weight is 323 g/mol. The first-order valence-corrected chi connectivity index (χ1v) is 7.23. The topological polar surface area (TPSA) is 58.1 Å². The van der Waals surface area contributed by atoms with Crippen molar-refractivity contribution >= 4 is 40.6 Å². The van der Waals surface area contributed by atoms with Crippen LogP contribution in [-0.4, -0.2) is 15.9 Å². The Morgan fingerprint density at radius 2 is 1.81 bits per heavy atom. The van der Waals surface area contributed by atoms with Gasteiger partial charge in [-0.15, -0.1) is 0 Å². The molecule has 0 radical (unpaired) electrons. The van der Waals surface area contributed by atoms with Gasteiger partial charge >= 0.3 is 0 Å². The van der Waals surface area contributed by atoms with Crippen molar-refractivity contribution in [2.24, 2.45) is 5.92 Å². The van der Waals surface area contributed by atoms with Gasteiger partial charge in [-0.3, -0.25) is 10.2 Å². The molecule has 0 aliphatic heterocycles. The van der Waals surface area contributed by atoms with Gasteiger partial charge in [0.2, 0.25) is 5.91 Å². The zero-order valence-corrected chi connectivity index (χ0v) is 12.5. The maximum Gasteiger partial charge on any atom is 0.248 e. The molecule has 1 aromatic heterocycles. The fraction of sp³-hybridized carbons (Fsp3) is 0.214. The van der Waals surface area contributed by atoms with Crippen LogP contribution in [-0.2, 0) is 4.79 Å². The van der Waals surface area contributed by atoms with Gasteiger partial charge in [0.15, 0.2) is 11.0 Å². The number of hydrazine groups is 1. The Balaban J connectivity index is 1.90. The molecule has 1 aliphatic carbocycles. The van der Waals surface area contributed by atoms with E-state index < -0.39 is 0 Å². The molecule has 108 valence electrons. The quantitative estimate of drug-likeness (QED) is 0.874. The molecular weight excluding hydrogens is 311 g/mol. The number of nitrogens with zero attached hydrogens (tertiary/aromatic N) is 3. The van der Waals surface area contributed by atoms with Gasteiger partial charge in [-0.1, -0.05) is 23.2 Å². The number of carbonyl (C=O) groups is 1. The van der Waals surface area contributed by atoms with Crippen LogP contribution in [0.25, 0.3) is 0 Å². The van der Waals surface area contributed by atoms with Crippen LogP contribution in [0.3, 0.4) is 0 Å². The molecule has 1 amide bonds. The number of anilines is 2. The molecule has 3 rings (SSSR count). The first kappa shape index (κ1) is 14.1. The lowest BCUT2D eigenvalue weighted by molar-refractivity contribution is -0.119. The molecule has 0 saturated heterocycles. The minimum absolute atomic E-state index is 0.0148. The lowest BCUT2D eigenvalue weighted by atomic mass is 10.3. The lowest BCUT2D eigenvalue weighted by Gasteiger charge is -2.24. The molecule has 0 bridgehead atoms. The maximum atomic E-state index is 12.4. The highest BCUT2D eigenvalue weighted by Crippen LogP contribution is 2.33. The van der Waals surface area contributed by atoms with Crippen LogP contribution < -0.4 is 10.4 Å². The Hall–Kier alpha value is -1.85. The molecule has 1 aliphatic rings. The van der Waals surface area contributed by atoms with E-state index in [4.69, 9.17) is 23.2 Å². The van der Waals surface area contributed by atoms with Crippen molar-refractivity contribution in [2.75, 3.05) is 10.4 Å². The summed E-state index contributed by atoms with van der Waals surface area (Å²) in [5, 5.41) is 2.26. The Morgan fingerprint density at radius 3 is 2.43 bits per heavy atom. The van der Waals surface area contributed by atoms with Crippen LogP contribution in [0.2, 0.25) is 10.2 Å². The van der Waals surface area contributed by atoms with E-state index in [1.54, 1.807) is 24.3 Å². The second-order valence-corrected chi connectivity index (χ2v) is 5.53. The molecule has 1 heterocycles. The highest BCUT2D eigenvalue weighted by atomic mass is 35.5. The Bertz CT molecular complexity index is 658. The zero-order chi connectivity index (χ0) is 14.8. The molecule has 5 nitrogen and oxygen atoms in total. The molecule has 1 N–H and O–H groups in total. The minimum atomic E-state index is -0.0148. The summed E-state index contributed by atoms with van der Waals surface area (Å²) in [5.41, 5.74) is 3.62. The lowest BCUT2D eigenvalue weighted by Crippen LogP contribution is -2.38. The fourth-order valence-electron chi connectivity index (χ4n) is 1.85. The van der Waals surface area contributed by atoms with E-state index in [-0.39, 0.29) is 17.0 Å². The van der Waals surface area contributed by atoms with Gasteiger partial charge in [0.25, 0.3) is 0 Å². The van der Waals surface area contributed by atoms with Crippen LogP contribution in [0.5, 0.6) is 0 Å². The number of hydrogen-bond donors (Lipinski definition) is 1. The van der Waals surface area contributed by atoms with Gasteiger partial charge in [-0.2, -0.15) is 0 Å². The SMILES string of the molecule is O=C(C1CC1)N(Nc1nccnc1Cl)c1ccc(Cl)cc1. The summed E-state index contributed by atoms with van der Waals surface area (Å²) in [7, 11) is 0. The fourth-order valence-corrected chi connectivity index (χ4v) is 2.13. The smallest absolute Gasteiger partial charge is 0.248 e. The largest absolute Gasteiger partial charge is 0.272 e. The summed E-state index contributed by atoms with van der Waals surface area (Å²) in [6, 6.07) is 6.98. The van der Waals surface area contributed by atoms with Gasteiger partial charge in [0, 0.05) is 23.3 Å². The highest BCUT2D eigenvalue weighted by molar-refractivity contribution is 6.31. The molecule has 1 fully saturated rings. The molecule has 0 atom stereocenters. The molecule has 1 saturated carbocycles. The second kappa shape index (κ2) is 5.87. The third-order valence-corrected chi connectivity index (χ3v) is 3.63. The van der Waals surface area contributed by atoms with E-state index in [1.807, 2.05) is 0 Å². The van der Waals surface area contributed by atoms with Crippen molar-refractivity contribution in [3.63, 3.8) is 0 Å². The van der Waals surface area contributed by atoms with E-state index in [0.29, 0.717) is 16.5 Å². The van der Waals surface area contributed by atoms with Crippen molar-refractivity contribution in [1.29, 1.82) is 0 Å². The molecule has 7 heteroatoms. The third kappa shape index (κ3) is 3.25. The zero-order valence-electron chi connectivity index (χ0n) is 11.0. The van der Waals surface area contributed by atoms with Gasteiger partial charge in [-0.05, 0) is 37.1 Å². The van der Waals surface area contributed by atoms with Crippen LogP contribution in [0, 0.1) is 5.92 Å².